The molecular formula is C21H35N3O4. The predicted molar refractivity (Wildman–Crippen MR) is 111 cm³/mol. The van der Waals surface area contributed by atoms with Crippen molar-refractivity contribution in [1.82, 2.24) is 14.5 Å². The van der Waals surface area contributed by atoms with Gasteiger partial charge in [0.1, 0.15) is 0 Å². The molecule has 28 heavy (non-hydrogen) atoms. The quantitative estimate of drug-likeness (QED) is 0.541. The first kappa shape index (κ1) is 22.6. The lowest BCUT2D eigenvalue weighted by Crippen LogP contribution is -2.56. The van der Waals surface area contributed by atoms with Crippen LogP contribution in [0.3, 0.4) is 0 Å². The summed E-state index contributed by atoms with van der Waals surface area (Å²) in [6, 6.07) is 6.77. The Kier molecular flexibility index (Phi) is 6.16. The molecule has 158 valence electrons. The molecule has 7 nitrogen and oxygen atoms in total. The van der Waals surface area contributed by atoms with E-state index in [1.54, 1.807) is 38.3 Å². The molecule has 1 aromatic carbocycles. The molecule has 0 saturated heterocycles. The number of nitrogens with zero attached hydrogens (tertiary/aromatic N) is 2. The number of benzene rings is 1. The summed E-state index contributed by atoms with van der Waals surface area (Å²) in [5.41, 5.74) is -1.46. The summed E-state index contributed by atoms with van der Waals surface area (Å²) < 4.78 is 2.86. The van der Waals surface area contributed by atoms with Crippen molar-refractivity contribution in [2.75, 3.05) is 0 Å². The van der Waals surface area contributed by atoms with Crippen LogP contribution in [0.2, 0.25) is 0 Å². The minimum atomic E-state index is -1.31. The van der Waals surface area contributed by atoms with Gasteiger partial charge in [-0.15, -0.1) is 0 Å². The zero-order valence-electron chi connectivity index (χ0n) is 18.0. The second kappa shape index (κ2) is 7.63. The highest BCUT2D eigenvalue weighted by atomic mass is 16.3. The van der Waals surface area contributed by atoms with Crippen LogP contribution in [0.1, 0.15) is 61.2 Å². The predicted octanol–water partition coefficient (Wildman–Crippen LogP) is 2.19. The Hall–Kier alpha value is -1.67. The van der Waals surface area contributed by atoms with Crippen molar-refractivity contribution in [3.63, 3.8) is 0 Å². The molecule has 7 heteroatoms. The lowest BCUT2D eigenvalue weighted by atomic mass is 9.78. The van der Waals surface area contributed by atoms with E-state index in [2.05, 4.69) is 5.32 Å². The number of aliphatic hydroxyl groups excluding tert-OH is 1. The highest BCUT2D eigenvalue weighted by Crippen LogP contribution is 2.29. The van der Waals surface area contributed by atoms with Crippen LogP contribution in [0.4, 0.5) is 0 Å². The van der Waals surface area contributed by atoms with E-state index >= 15 is 0 Å². The summed E-state index contributed by atoms with van der Waals surface area (Å²) in [6.07, 6.45) is -0.907. The van der Waals surface area contributed by atoms with E-state index in [1.165, 1.54) is 4.57 Å². The van der Waals surface area contributed by atoms with Gasteiger partial charge in [-0.2, -0.15) is 0 Å². The Morgan fingerprint density at radius 1 is 1.00 bits per heavy atom. The van der Waals surface area contributed by atoms with Crippen molar-refractivity contribution in [2.45, 2.75) is 85.0 Å². The zero-order valence-corrected chi connectivity index (χ0v) is 18.0. The van der Waals surface area contributed by atoms with Crippen LogP contribution in [0.15, 0.2) is 29.1 Å². The highest BCUT2D eigenvalue weighted by Gasteiger charge is 2.38. The average Bonchev–Trinajstić information content (AvgIpc) is 2.79. The van der Waals surface area contributed by atoms with E-state index in [-0.39, 0.29) is 11.1 Å². The fourth-order valence-corrected chi connectivity index (χ4v) is 3.81. The van der Waals surface area contributed by atoms with E-state index in [1.807, 2.05) is 39.0 Å². The lowest BCUT2D eigenvalue weighted by molar-refractivity contribution is -0.0507. The molecule has 0 bridgehead atoms. The van der Waals surface area contributed by atoms with E-state index in [0.29, 0.717) is 24.0 Å². The molecule has 0 aliphatic heterocycles. The lowest BCUT2D eigenvalue weighted by Gasteiger charge is -2.41. The van der Waals surface area contributed by atoms with Gasteiger partial charge >= 0.3 is 5.69 Å². The Balaban J connectivity index is 2.49. The van der Waals surface area contributed by atoms with Crippen LogP contribution in [-0.2, 0) is 6.54 Å². The van der Waals surface area contributed by atoms with Crippen LogP contribution < -0.4 is 11.0 Å². The fourth-order valence-electron chi connectivity index (χ4n) is 3.81. The van der Waals surface area contributed by atoms with Gasteiger partial charge in [-0.1, -0.05) is 32.9 Å². The molecule has 1 aromatic heterocycles. The van der Waals surface area contributed by atoms with Gasteiger partial charge in [0.25, 0.3) is 0 Å². The molecule has 0 aliphatic carbocycles. The van der Waals surface area contributed by atoms with Gasteiger partial charge in [-0.05, 0) is 51.7 Å². The van der Waals surface area contributed by atoms with Crippen molar-refractivity contribution >= 4 is 11.0 Å². The summed E-state index contributed by atoms with van der Waals surface area (Å²) >= 11 is 0. The third kappa shape index (κ3) is 5.03. The topological polar surface area (TPSA) is 99.7 Å². The monoisotopic (exact) mass is 393 g/mol. The van der Waals surface area contributed by atoms with E-state index in [9.17, 15) is 20.1 Å². The fraction of sp³-hybridized carbons (Fsp3) is 0.667. The molecule has 0 spiro atoms. The number of aromatic nitrogens is 2. The molecule has 2 rings (SSSR count). The average molecular weight is 394 g/mol. The van der Waals surface area contributed by atoms with E-state index in [0.717, 1.165) is 0 Å². The van der Waals surface area contributed by atoms with Gasteiger partial charge in [0.15, 0.2) is 6.35 Å². The first-order valence-electron chi connectivity index (χ1n) is 9.71. The number of aryl methyl sites for hydroxylation is 1. The number of imidazole rings is 1. The van der Waals surface area contributed by atoms with Gasteiger partial charge in [-0.25, -0.2) is 4.79 Å². The number of hydrogen-bond acceptors (Lipinski definition) is 5. The van der Waals surface area contributed by atoms with Crippen molar-refractivity contribution in [3.05, 3.63) is 34.7 Å². The Bertz CT molecular complexity index is 849. The highest BCUT2D eigenvalue weighted by molar-refractivity contribution is 5.76. The maximum absolute atomic E-state index is 13.1. The van der Waals surface area contributed by atoms with Gasteiger partial charge in [0.2, 0.25) is 0 Å². The molecular weight excluding hydrogens is 358 g/mol. The Morgan fingerprint density at radius 3 is 2.00 bits per heavy atom. The molecule has 1 unspecified atom stereocenters. The minimum absolute atomic E-state index is 0.330. The second-order valence-electron chi connectivity index (χ2n) is 9.85. The SMILES string of the molecule is CC(C)(O)CCn1c(=O)n(C(O)N[C@@H](C(C)(C)C)C(C)(C)O)c2ccccc21. The number of hydrogen-bond donors (Lipinski definition) is 4. The number of rotatable bonds is 7. The van der Waals surface area contributed by atoms with Gasteiger partial charge in [0.05, 0.1) is 22.2 Å². The Morgan fingerprint density at radius 2 is 1.54 bits per heavy atom. The van der Waals surface area contributed by atoms with E-state index in [4.69, 9.17) is 0 Å². The summed E-state index contributed by atoms with van der Waals surface area (Å²) in [6.45, 7) is 13.0. The maximum atomic E-state index is 13.1. The van der Waals surface area contributed by atoms with E-state index < -0.39 is 23.6 Å². The summed E-state index contributed by atoms with van der Waals surface area (Å²) in [4.78, 5) is 13.1. The standard InChI is InChI=1S/C21H35N3O4/c1-19(2,3)16(21(6,7)28)22-17(25)24-15-11-9-8-10-14(15)23(18(24)26)13-12-20(4,5)27/h8-11,16-17,22,25,27-28H,12-13H2,1-7H3/t16-,17?/m0/s1. The number of aliphatic hydroxyl groups is 3. The molecule has 0 saturated carbocycles. The molecule has 0 radical (unpaired) electrons. The third-order valence-electron chi connectivity index (χ3n) is 4.95. The molecule has 2 aromatic rings. The largest absolute Gasteiger partial charge is 0.390 e. The minimum Gasteiger partial charge on any atom is -0.390 e. The van der Waals surface area contributed by atoms with Crippen LogP contribution >= 0.6 is 0 Å². The maximum Gasteiger partial charge on any atom is 0.332 e. The second-order valence-corrected chi connectivity index (χ2v) is 9.85. The number of fused-ring (bicyclic) bond motifs is 1. The van der Waals surface area contributed by atoms with Crippen LogP contribution in [0, 0.1) is 5.41 Å². The molecule has 0 fully saturated rings. The van der Waals surface area contributed by atoms with Crippen LogP contribution in [0.5, 0.6) is 0 Å². The summed E-state index contributed by atoms with van der Waals surface area (Å²) in [5.74, 6) is 0. The van der Waals surface area contributed by atoms with Gasteiger partial charge in [-0.3, -0.25) is 14.5 Å². The molecule has 0 aliphatic rings. The van der Waals surface area contributed by atoms with Crippen molar-refractivity contribution in [1.29, 1.82) is 0 Å². The van der Waals surface area contributed by atoms with Gasteiger partial charge in [0, 0.05) is 12.6 Å². The summed E-state index contributed by atoms with van der Waals surface area (Å²) in [7, 11) is 0. The molecule has 1 heterocycles. The van der Waals surface area contributed by atoms with Crippen LogP contribution in [0.25, 0.3) is 11.0 Å². The van der Waals surface area contributed by atoms with Gasteiger partial charge < -0.3 is 15.3 Å². The smallest absolute Gasteiger partial charge is 0.332 e. The van der Waals surface area contributed by atoms with Crippen molar-refractivity contribution in [2.24, 2.45) is 5.41 Å². The molecule has 2 atom stereocenters. The summed E-state index contributed by atoms with van der Waals surface area (Å²) in [5, 5.41) is 34.6. The number of para-hydroxylation sites is 2. The Labute approximate surface area is 166 Å². The zero-order chi connectivity index (χ0) is 21.5. The number of nitrogens with one attached hydrogen (secondary N) is 1. The first-order valence-corrected chi connectivity index (χ1v) is 9.71. The molecule has 0 amide bonds. The third-order valence-corrected chi connectivity index (χ3v) is 4.95. The van der Waals surface area contributed by atoms with Crippen molar-refractivity contribution < 1.29 is 15.3 Å². The normalized spacial score (nSPS) is 15.8. The first-order chi connectivity index (χ1) is 12.6. The van der Waals surface area contributed by atoms with Crippen LogP contribution in [-0.4, -0.2) is 41.7 Å². The van der Waals surface area contributed by atoms with Crippen molar-refractivity contribution in [3.8, 4) is 0 Å². The molecule has 4 N–H and O–H groups in total.